The zero-order valence-electron chi connectivity index (χ0n) is 9.91. The molecule has 0 spiro atoms. The molecule has 0 bridgehead atoms. The molecule has 19 heavy (non-hydrogen) atoms. The molecule has 8 heteroatoms. The van der Waals surface area contributed by atoms with E-state index in [1.54, 1.807) is 0 Å². The Morgan fingerprint density at radius 3 is 2.58 bits per heavy atom. The first-order chi connectivity index (χ1) is 8.71. The lowest BCUT2D eigenvalue weighted by Crippen LogP contribution is -2.08. The summed E-state index contributed by atoms with van der Waals surface area (Å²) in [7, 11) is -3.54. The van der Waals surface area contributed by atoms with Crippen molar-refractivity contribution < 1.29 is 18.1 Å². The van der Waals surface area contributed by atoms with E-state index < -0.39 is 26.4 Å². The summed E-state index contributed by atoms with van der Waals surface area (Å²) in [5, 5.41) is 10.8. The van der Waals surface area contributed by atoms with Crippen molar-refractivity contribution in [3.05, 3.63) is 33.9 Å². The number of carbonyl (C=O) groups excluding carboxylic acids is 1. The zero-order chi connectivity index (χ0) is 14.6. The van der Waals surface area contributed by atoms with Crippen LogP contribution in [-0.2, 0) is 14.6 Å². The quantitative estimate of drug-likeness (QED) is 0.483. The molecule has 0 saturated heterocycles. The summed E-state index contributed by atoms with van der Waals surface area (Å²) in [5.74, 6) is 4.14. The Morgan fingerprint density at radius 2 is 2.11 bits per heavy atom. The minimum atomic E-state index is -3.54. The fraction of sp³-hybridized carbons (Fsp3) is 0.182. The highest BCUT2D eigenvalue weighted by atomic mass is 32.2. The molecule has 100 valence electrons. The molecular weight excluding hydrogens is 272 g/mol. The van der Waals surface area contributed by atoms with Gasteiger partial charge in [0.25, 0.3) is 5.69 Å². The molecule has 1 aromatic rings. The summed E-state index contributed by atoms with van der Waals surface area (Å²) < 4.78 is 22.6. The third kappa shape index (κ3) is 4.08. The predicted octanol–water partition coefficient (Wildman–Crippen LogP) is 0.225. The zero-order valence-corrected chi connectivity index (χ0v) is 10.7. The Bertz CT molecular complexity index is 698. The van der Waals surface area contributed by atoms with Gasteiger partial charge < -0.3 is 5.73 Å². The van der Waals surface area contributed by atoms with Gasteiger partial charge in [0.2, 0.25) is 5.91 Å². The van der Waals surface area contributed by atoms with Gasteiger partial charge in [0.15, 0.2) is 9.84 Å². The number of primary amides is 1. The van der Waals surface area contributed by atoms with Gasteiger partial charge in [-0.25, -0.2) is 8.42 Å². The van der Waals surface area contributed by atoms with E-state index in [0.717, 1.165) is 12.3 Å². The molecule has 1 aromatic carbocycles. The van der Waals surface area contributed by atoms with Crippen molar-refractivity contribution in [1.82, 2.24) is 0 Å². The van der Waals surface area contributed by atoms with E-state index in [1.165, 1.54) is 12.1 Å². The summed E-state index contributed by atoms with van der Waals surface area (Å²) in [4.78, 5) is 20.4. The number of nitrogens with zero attached hydrogens (tertiary/aromatic N) is 1. The third-order valence-corrected chi connectivity index (χ3v) is 3.19. The number of nitrogens with two attached hydrogens (primary N) is 1. The van der Waals surface area contributed by atoms with Crippen LogP contribution in [0.5, 0.6) is 0 Å². The van der Waals surface area contributed by atoms with Crippen molar-refractivity contribution in [2.24, 2.45) is 5.73 Å². The Balaban J connectivity index is 3.30. The molecule has 2 N–H and O–H groups in total. The molecule has 0 saturated carbocycles. The topological polar surface area (TPSA) is 120 Å². The highest BCUT2D eigenvalue weighted by Gasteiger charge is 2.17. The Hall–Kier alpha value is -2.40. The average molecular weight is 282 g/mol. The summed E-state index contributed by atoms with van der Waals surface area (Å²) in [5.41, 5.74) is 4.48. The molecule has 7 nitrogen and oxygen atoms in total. The van der Waals surface area contributed by atoms with Crippen LogP contribution in [-0.4, -0.2) is 25.5 Å². The highest BCUT2D eigenvalue weighted by Crippen LogP contribution is 2.22. The van der Waals surface area contributed by atoms with E-state index in [4.69, 9.17) is 5.73 Å². The van der Waals surface area contributed by atoms with Gasteiger partial charge in [-0.3, -0.25) is 14.9 Å². The van der Waals surface area contributed by atoms with Crippen molar-refractivity contribution in [2.45, 2.75) is 11.3 Å². The van der Waals surface area contributed by atoms with Crippen LogP contribution in [0, 0.1) is 22.0 Å². The van der Waals surface area contributed by atoms with Gasteiger partial charge in [-0.2, -0.15) is 0 Å². The maximum atomic E-state index is 11.3. The number of hydrogen-bond acceptors (Lipinski definition) is 5. The standard InChI is InChI=1S/C11H10N2O5S/c1-19(17,18)9-6-5-8(3-2-4-11(12)14)10(7-9)13(15)16/h5-7H,4H2,1H3,(H2,12,14). The molecule has 0 fully saturated rings. The number of amides is 1. The SMILES string of the molecule is CS(=O)(=O)c1ccc(C#CCC(N)=O)c([N+](=O)[O-])c1. The van der Waals surface area contributed by atoms with E-state index in [1.807, 2.05) is 0 Å². The second kappa shape index (κ2) is 5.49. The first-order valence-electron chi connectivity index (χ1n) is 4.97. The molecule has 0 aliphatic heterocycles. The van der Waals surface area contributed by atoms with Gasteiger partial charge in [-0.05, 0) is 12.1 Å². The van der Waals surface area contributed by atoms with Gasteiger partial charge >= 0.3 is 0 Å². The smallest absolute Gasteiger partial charge is 0.286 e. The molecule has 0 aliphatic carbocycles. The van der Waals surface area contributed by atoms with E-state index in [-0.39, 0.29) is 16.9 Å². The Labute approximate surface area is 109 Å². The fourth-order valence-electron chi connectivity index (χ4n) is 1.23. The fourth-order valence-corrected chi connectivity index (χ4v) is 1.87. The average Bonchev–Trinajstić information content (AvgIpc) is 2.27. The van der Waals surface area contributed by atoms with Crippen LogP contribution in [0.1, 0.15) is 12.0 Å². The van der Waals surface area contributed by atoms with Crippen molar-refractivity contribution in [3.63, 3.8) is 0 Å². The molecule has 0 aliphatic rings. The van der Waals surface area contributed by atoms with Crippen LogP contribution in [0.4, 0.5) is 5.69 Å². The van der Waals surface area contributed by atoms with E-state index in [0.29, 0.717) is 0 Å². The van der Waals surface area contributed by atoms with Gasteiger partial charge in [0.05, 0.1) is 16.2 Å². The van der Waals surface area contributed by atoms with Crippen molar-refractivity contribution in [3.8, 4) is 11.8 Å². The summed E-state index contributed by atoms with van der Waals surface area (Å²) >= 11 is 0. The minimum absolute atomic E-state index is 0.0265. The molecule has 0 heterocycles. The van der Waals surface area contributed by atoms with Crippen LogP contribution in [0.15, 0.2) is 23.1 Å². The van der Waals surface area contributed by atoms with Crippen LogP contribution in [0.3, 0.4) is 0 Å². The van der Waals surface area contributed by atoms with Crippen LogP contribution >= 0.6 is 0 Å². The van der Waals surface area contributed by atoms with E-state index in [9.17, 15) is 23.3 Å². The van der Waals surface area contributed by atoms with E-state index in [2.05, 4.69) is 11.8 Å². The van der Waals surface area contributed by atoms with Gasteiger partial charge in [0, 0.05) is 12.3 Å². The monoisotopic (exact) mass is 282 g/mol. The number of nitro benzene ring substituents is 1. The number of nitro groups is 1. The molecule has 0 unspecified atom stereocenters. The van der Waals surface area contributed by atoms with Gasteiger partial charge in [-0.15, -0.1) is 0 Å². The summed E-state index contributed by atoms with van der Waals surface area (Å²) in [6.07, 6.45) is 0.718. The number of sulfone groups is 1. The molecule has 1 amide bonds. The molecule has 0 aromatic heterocycles. The minimum Gasteiger partial charge on any atom is -0.369 e. The van der Waals surface area contributed by atoms with Crippen LogP contribution in [0.2, 0.25) is 0 Å². The Kier molecular flexibility index (Phi) is 4.24. The maximum absolute atomic E-state index is 11.3. The number of benzene rings is 1. The number of carbonyl (C=O) groups is 1. The van der Waals surface area contributed by atoms with Crippen LogP contribution < -0.4 is 5.73 Å². The third-order valence-electron chi connectivity index (χ3n) is 2.08. The summed E-state index contributed by atoms with van der Waals surface area (Å²) in [6, 6.07) is 3.38. The predicted molar refractivity (Wildman–Crippen MR) is 66.9 cm³/mol. The van der Waals surface area contributed by atoms with Crippen molar-refractivity contribution >= 4 is 21.4 Å². The summed E-state index contributed by atoms with van der Waals surface area (Å²) in [6.45, 7) is 0. The first kappa shape index (κ1) is 14.7. The lowest BCUT2D eigenvalue weighted by molar-refractivity contribution is -0.385. The molecule has 0 radical (unpaired) electrons. The molecular formula is C11H10N2O5S. The number of rotatable bonds is 3. The second-order valence-corrected chi connectivity index (χ2v) is 5.67. The lowest BCUT2D eigenvalue weighted by Gasteiger charge is -2.00. The van der Waals surface area contributed by atoms with Crippen LogP contribution in [0.25, 0.3) is 0 Å². The lowest BCUT2D eigenvalue weighted by atomic mass is 10.2. The van der Waals surface area contributed by atoms with Gasteiger partial charge in [0.1, 0.15) is 5.56 Å². The first-order valence-corrected chi connectivity index (χ1v) is 6.86. The Morgan fingerprint density at radius 1 is 1.47 bits per heavy atom. The normalized spacial score (nSPS) is 10.4. The van der Waals surface area contributed by atoms with Crippen molar-refractivity contribution in [2.75, 3.05) is 6.26 Å². The largest absolute Gasteiger partial charge is 0.369 e. The molecule has 1 rings (SSSR count). The van der Waals surface area contributed by atoms with Crippen molar-refractivity contribution in [1.29, 1.82) is 0 Å². The van der Waals surface area contributed by atoms with Gasteiger partial charge in [-0.1, -0.05) is 11.8 Å². The highest BCUT2D eigenvalue weighted by molar-refractivity contribution is 7.90. The maximum Gasteiger partial charge on any atom is 0.286 e. The second-order valence-electron chi connectivity index (χ2n) is 3.65. The number of hydrogen-bond donors (Lipinski definition) is 1. The molecule has 0 atom stereocenters. The van der Waals surface area contributed by atoms with E-state index >= 15 is 0 Å².